The standard InChI is InChI=1S/C27H26Si/c1-28(2,26-17-16-21-12-6-7-14-24(21)26)27-19-22(18-20-10-4-3-5-11-20)23-13-8-9-15-25(23)27/h3-17,19,26-27H,18H2,1-2H3. The molecule has 0 spiro atoms. The van der Waals surface area contributed by atoms with Crippen LogP contribution in [-0.4, -0.2) is 8.07 Å². The molecule has 1 heteroatoms. The van der Waals surface area contributed by atoms with Gasteiger partial charge in [-0.15, -0.1) is 0 Å². The van der Waals surface area contributed by atoms with Crippen LogP contribution in [0.25, 0.3) is 11.6 Å². The van der Waals surface area contributed by atoms with Crippen molar-refractivity contribution in [3.63, 3.8) is 0 Å². The van der Waals surface area contributed by atoms with Gasteiger partial charge in [0.1, 0.15) is 0 Å². The quantitative estimate of drug-likeness (QED) is 0.428. The minimum atomic E-state index is -1.66. The predicted octanol–water partition coefficient (Wildman–Crippen LogP) is 7.01. The highest BCUT2D eigenvalue weighted by atomic mass is 28.3. The fourth-order valence-corrected chi connectivity index (χ4v) is 8.85. The summed E-state index contributed by atoms with van der Waals surface area (Å²) in [5.74, 6) is 0. The Balaban J connectivity index is 1.55. The summed E-state index contributed by atoms with van der Waals surface area (Å²) >= 11 is 0. The minimum Gasteiger partial charge on any atom is -0.0791 e. The summed E-state index contributed by atoms with van der Waals surface area (Å²) in [7, 11) is -1.66. The lowest BCUT2D eigenvalue weighted by Gasteiger charge is -2.35. The Morgan fingerprint density at radius 2 is 1.39 bits per heavy atom. The Kier molecular flexibility index (Phi) is 4.21. The zero-order valence-corrected chi connectivity index (χ0v) is 17.6. The van der Waals surface area contributed by atoms with E-state index in [9.17, 15) is 0 Å². The van der Waals surface area contributed by atoms with E-state index >= 15 is 0 Å². The van der Waals surface area contributed by atoms with E-state index in [0.29, 0.717) is 11.1 Å². The molecule has 0 heterocycles. The van der Waals surface area contributed by atoms with Crippen LogP contribution in [0.5, 0.6) is 0 Å². The van der Waals surface area contributed by atoms with Crippen molar-refractivity contribution < 1.29 is 0 Å². The molecule has 0 saturated carbocycles. The summed E-state index contributed by atoms with van der Waals surface area (Å²) in [4.78, 5) is 0. The first-order valence-corrected chi connectivity index (χ1v) is 13.4. The van der Waals surface area contributed by atoms with E-state index in [1.807, 2.05) is 0 Å². The zero-order chi connectivity index (χ0) is 19.1. The second kappa shape index (κ2) is 6.75. The van der Waals surface area contributed by atoms with Gasteiger partial charge in [-0.25, -0.2) is 0 Å². The Morgan fingerprint density at radius 1 is 0.714 bits per heavy atom. The topological polar surface area (TPSA) is 0 Å². The molecule has 0 fully saturated rings. The Bertz CT molecular complexity index is 1070. The van der Waals surface area contributed by atoms with Crippen molar-refractivity contribution in [2.24, 2.45) is 0 Å². The maximum Gasteiger partial charge on any atom is 0.0715 e. The summed E-state index contributed by atoms with van der Waals surface area (Å²) < 4.78 is 0. The molecule has 28 heavy (non-hydrogen) atoms. The van der Waals surface area contributed by atoms with Gasteiger partial charge in [-0.05, 0) is 50.9 Å². The molecule has 0 nitrogen and oxygen atoms in total. The highest BCUT2D eigenvalue weighted by Gasteiger charge is 2.43. The van der Waals surface area contributed by atoms with Crippen molar-refractivity contribution in [2.75, 3.05) is 0 Å². The molecular weight excluding hydrogens is 352 g/mol. The van der Waals surface area contributed by atoms with Gasteiger partial charge in [0.25, 0.3) is 0 Å². The van der Waals surface area contributed by atoms with Crippen molar-refractivity contribution in [1.82, 2.24) is 0 Å². The monoisotopic (exact) mass is 378 g/mol. The van der Waals surface area contributed by atoms with E-state index in [2.05, 4.69) is 110 Å². The van der Waals surface area contributed by atoms with E-state index in [1.54, 1.807) is 5.56 Å². The van der Waals surface area contributed by atoms with Crippen LogP contribution in [0.2, 0.25) is 13.1 Å². The number of hydrogen-bond acceptors (Lipinski definition) is 0. The van der Waals surface area contributed by atoms with E-state index in [4.69, 9.17) is 0 Å². The highest BCUT2D eigenvalue weighted by Crippen LogP contribution is 2.49. The van der Waals surface area contributed by atoms with Crippen LogP contribution in [0.15, 0.2) is 91.0 Å². The number of allylic oxidation sites excluding steroid dienone is 3. The van der Waals surface area contributed by atoms with Gasteiger partial charge in [0.15, 0.2) is 0 Å². The first-order chi connectivity index (χ1) is 13.6. The third-order valence-electron chi connectivity index (χ3n) is 6.65. The van der Waals surface area contributed by atoms with Crippen LogP contribution in [0.1, 0.15) is 38.9 Å². The molecule has 0 N–H and O–H groups in total. The predicted molar refractivity (Wildman–Crippen MR) is 123 cm³/mol. The second-order valence-electron chi connectivity index (χ2n) is 8.71. The molecule has 138 valence electrons. The van der Waals surface area contributed by atoms with Crippen LogP contribution in [0.4, 0.5) is 0 Å². The summed E-state index contributed by atoms with van der Waals surface area (Å²) in [5, 5.41) is 0. The van der Waals surface area contributed by atoms with Gasteiger partial charge in [0, 0.05) is 0 Å². The lowest BCUT2D eigenvalue weighted by molar-refractivity contribution is 1.05. The van der Waals surface area contributed by atoms with Crippen LogP contribution < -0.4 is 0 Å². The lowest BCUT2D eigenvalue weighted by atomic mass is 9.99. The lowest BCUT2D eigenvalue weighted by Crippen LogP contribution is -2.39. The highest BCUT2D eigenvalue weighted by molar-refractivity contribution is 6.81. The number of hydrogen-bond donors (Lipinski definition) is 0. The SMILES string of the molecule is C[Si](C)(C1C=Cc2ccccc21)C1C=C(Cc2ccccc2)c2ccccc21. The molecule has 2 aliphatic carbocycles. The van der Waals surface area contributed by atoms with Crippen LogP contribution in [0.3, 0.4) is 0 Å². The third-order valence-corrected chi connectivity index (χ3v) is 10.8. The van der Waals surface area contributed by atoms with Gasteiger partial charge in [-0.2, -0.15) is 0 Å². The third kappa shape index (κ3) is 2.82. The Morgan fingerprint density at radius 3 is 2.21 bits per heavy atom. The van der Waals surface area contributed by atoms with Crippen molar-refractivity contribution >= 4 is 19.7 Å². The second-order valence-corrected chi connectivity index (χ2v) is 13.6. The van der Waals surface area contributed by atoms with Gasteiger partial charge >= 0.3 is 0 Å². The van der Waals surface area contributed by atoms with Gasteiger partial charge in [0.2, 0.25) is 0 Å². The van der Waals surface area contributed by atoms with Crippen molar-refractivity contribution in [1.29, 1.82) is 0 Å². The fraction of sp³-hybridized carbons (Fsp3) is 0.185. The molecule has 0 aromatic heterocycles. The van der Waals surface area contributed by atoms with E-state index < -0.39 is 8.07 Å². The summed E-state index contributed by atoms with van der Waals surface area (Å²) in [6.07, 6.45) is 8.45. The molecule has 0 radical (unpaired) electrons. The van der Waals surface area contributed by atoms with E-state index in [1.165, 1.54) is 27.8 Å². The van der Waals surface area contributed by atoms with E-state index in [-0.39, 0.29) is 0 Å². The molecule has 2 aliphatic rings. The van der Waals surface area contributed by atoms with Gasteiger partial charge in [-0.1, -0.05) is 110 Å². The maximum atomic E-state index is 2.61. The molecule has 0 saturated heterocycles. The summed E-state index contributed by atoms with van der Waals surface area (Å²) in [6.45, 7) is 5.15. The Labute approximate surface area is 169 Å². The molecule has 3 aromatic carbocycles. The van der Waals surface area contributed by atoms with Crippen LogP contribution in [0, 0.1) is 0 Å². The average molecular weight is 379 g/mol. The molecular formula is C27H26Si. The molecule has 3 aromatic rings. The largest absolute Gasteiger partial charge is 0.0791 e. The first-order valence-electron chi connectivity index (χ1n) is 10.3. The summed E-state index contributed by atoms with van der Waals surface area (Å²) in [6, 6.07) is 28.9. The van der Waals surface area contributed by atoms with Crippen LogP contribution in [-0.2, 0) is 6.42 Å². The van der Waals surface area contributed by atoms with Crippen molar-refractivity contribution in [2.45, 2.75) is 30.6 Å². The fourth-order valence-electron chi connectivity index (χ4n) is 5.12. The molecule has 5 rings (SSSR count). The average Bonchev–Trinajstić information content (AvgIpc) is 3.32. The molecule has 2 atom stereocenters. The molecule has 2 unspecified atom stereocenters. The van der Waals surface area contributed by atoms with Gasteiger partial charge in [-0.3, -0.25) is 0 Å². The first kappa shape index (κ1) is 17.5. The zero-order valence-electron chi connectivity index (χ0n) is 16.6. The normalized spacial score (nSPS) is 20.0. The van der Waals surface area contributed by atoms with E-state index in [0.717, 1.165) is 6.42 Å². The van der Waals surface area contributed by atoms with Crippen molar-refractivity contribution in [3.8, 4) is 0 Å². The van der Waals surface area contributed by atoms with Gasteiger partial charge < -0.3 is 0 Å². The smallest absolute Gasteiger partial charge is 0.0715 e. The number of rotatable bonds is 4. The van der Waals surface area contributed by atoms with Crippen LogP contribution >= 0.6 is 0 Å². The molecule has 0 amide bonds. The number of fused-ring (bicyclic) bond motifs is 2. The minimum absolute atomic E-state index is 0.559. The van der Waals surface area contributed by atoms with Gasteiger partial charge in [0.05, 0.1) is 8.07 Å². The Hall–Kier alpha value is -2.64. The maximum absolute atomic E-state index is 2.61. The van der Waals surface area contributed by atoms with Crippen molar-refractivity contribution in [3.05, 3.63) is 119 Å². The summed E-state index contributed by atoms with van der Waals surface area (Å²) in [5.41, 5.74) is 9.99. The number of benzene rings is 3. The molecule has 0 bridgehead atoms. The molecule has 0 aliphatic heterocycles.